The highest BCUT2D eigenvalue weighted by Gasteiger charge is 2.08. The molecule has 0 aromatic carbocycles. The van der Waals surface area contributed by atoms with Gasteiger partial charge in [-0.2, -0.15) is 0 Å². The van der Waals surface area contributed by atoms with Gasteiger partial charge in [0, 0.05) is 32.4 Å². The first kappa shape index (κ1) is 12.6. The van der Waals surface area contributed by atoms with Crippen LogP contribution in [-0.4, -0.2) is 29.4 Å². The number of hydrogen-bond acceptors (Lipinski definition) is 3. The van der Waals surface area contributed by atoms with Gasteiger partial charge in [-0.05, 0) is 31.0 Å². The van der Waals surface area contributed by atoms with Gasteiger partial charge >= 0.3 is 0 Å². The highest BCUT2D eigenvalue weighted by Crippen LogP contribution is 2.04. The van der Waals surface area contributed by atoms with Crippen LogP contribution in [0.4, 0.5) is 0 Å². The molecule has 0 bridgehead atoms. The van der Waals surface area contributed by atoms with Gasteiger partial charge in [-0.15, -0.1) is 0 Å². The molecular formula is C12H19N3O. The zero-order valence-corrected chi connectivity index (χ0v) is 9.72. The lowest BCUT2D eigenvalue weighted by atomic mass is 10.2. The maximum atomic E-state index is 11.7. The Kier molecular flexibility index (Phi) is 5.50. The molecule has 2 N–H and O–H groups in total. The van der Waals surface area contributed by atoms with Gasteiger partial charge in [-0.3, -0.25) is 9.78 Å². The first-order valence-electron chi connectivity index (χ1n) is 5.57. The lowest BCUT2D eigenvalue weighted by molar-refractivity contribution is -0.130. The van der Waals surface area contributed by atoms with Crippen molar-refractivity contribution >= 4 is 5.91 Å². The summed E-state index contributed by atoms with van der Waals surface area (Å²) >= 11 is 0. The molecule has 0 spiro atoms. The molecule has 88 valence electrons. The van der Waals surface area contributed by atoms with Crippen molar-refractivity contribution in [1.29, 1.82) is 0 Å². The summed E-state index contributed by atoms with van der Waals surface area (Å²) in [4.78, 5) is 17.4. The second-order valence-electron chi connectivity index (χ2n) is 3.86. The van der Waals surface area contributed by atoms with Crippen molar-refractivity contribution < 1.29 is 4.79 Å². The first-order valence-corrected chi connectivity index (χ1v) is 5.57. The van der Waals surface area contributed by atoms with Gasteiger partial charge < -0.3 is 10.6 Å². The van der Waals surface area contributed by atoms with Gasteiger partial charge in [0.15, 0.2) is 0 Å². The molecule has 0 aliphatic rings. The summed E-state index contributed by atoms with van der Waals surface area (Å²) in [6.45, 7) is 1.27. The average Bonchev–Trinajstić information content (AvgIpc) is 2.30. The standard InChI is InChI=1S/C12H19N3O/c1-15(12(16)6-2-3-7-13)10-11-5-4-8-14-9-11/h4-5,8-9H,2-3,6-7,10,13H2,1H3. The van der Waals surface area contributed by atoms with E-state index in [0.29, 0.717) is 19.5 Å². The molecule has 1 heterocycles. The SMILES string of the molecule is CN(Cc1cccnc1)C(=O)CCCCN. The van der Waals surface area contributed by atoms with Gasteiger partial charge in [0.2, 0.25) is 5.91 Å². The zero-order valence-electron chi connectivity index (χ0n) is 9.72. The fourth-order valence-corrected chi connectivity index (χ4v) is 1.47. The van der Waals surface area contributed by atoms with Crippen LogP contribution in [0.25, 0.3) is 0 Å². The van der Waals surface area contributed by atoms with Crippen molar-refractivity contribution in [3.05, 3.63) is 30.1 Å². The third kappa shape index (κ3) is 4.40. The molecular weight excluding hydrogens is 202 g/mol. The molecule has 4 heteroatoms. The molecule has 0 radical (unpaired) electrons. The van der Waals surface area contributed by atoms with Gasteiger partial charge in [-0.25, -0.2) is 0 Å². The van der Waals surface area contributed by atoms with Crippen molar-refractivity contribution in [2.45, 2.75) is 25.8 Å². The van der Waals surface area contributed by atoms with E-state index in [9.17, 15) is 4.79 Å². The molecule has 0 fully saturated rings. The molecule has 0 saturated carbocycles. The number of amides is 1. The summed E-state index contributed by atoms with van der Waals surface area (Å²) in [7, 11) is 1.82. The number of hydrogen-bond donors (Lipinski definition) is 1. The normalized spacial score (nSPS) is 10.1. The maximum absolute atomic E-state index is 11.7. The Hall–Kier alpha value is -1.42. The third-order valence-corrected chi connectivity index (χ3v) is 2.41. The van der Waals surface area contributed by atoms with Gasteiger partial charge in [-0.1, -0.05) is 6.07 Å². The highest BCUT2D eigenvalue weighted by molar-refractivity contribution is 5.75. The summed E-state index contributed by atoms with van der Waals surface area (Å²) in [5, 5.41) is 0. The Bertz CT molecular complexity index is 313. The topological polar surface area (TPSA) is 59.2 Å². The maximum Gasteiger partial charge on any atom is 0.222 e. The molecule has 4 nitrogen and oxygen atoms in total. The van der Waals surface area contributed by atoms with E-state index >= 15 is 0 Å². The van der Waals surface area contributed by atoms with Crippen LogP contribution in [0.3, 0.4) is 0 Å². The number of carbonyl (C=O) groups is 1. The van der Waals surface area contributed by atoms with Crippen LogP contribution in [-0.2, 0) is 11.3 Å². The smallest absolute Gasteiger partial charge is 0.222 e. The number of nitrogens with zero attached hydrogens (tertiary/aromatic N) is 2. The molecule has 1 rings (SSSR count). The quantitative estimate of drug-likeness (QED) is 0.733. The summed E-state index contributed by atoms with van der Waals surface area (Å²) in [5.41, 5.74) is 6.43. The molecule has 1 amide bonds. The molecule has 0 atom stereocenters. The van der Waals surface area contributed by atoms with E-state index in [-0.39, 0.29) is 5.91 Å². The number of nitrogens with two attached hydrogens (primary N) is 1. The van der Waals surface area contributed by atoms with Crippen molar-refractivity contribution in [3.63, 3.8) is 0 Å². The van der Waals surface area contributed by atoms with Crippen LogP contribution < -0.4 is 5.73 Å². The Morgan fingerprint density at radius 2 is 2.31 bits per heavy atom. The molecule has 0 aliphatic heterocycles. The summed E-state index contributed by atoms with van der Waals surface area (Å²) in [5.74, 6) is 0.164. The van der Waals surface area contributed by atoms with Gasteiger partial charge in [0.1, 0.15) is 0 Å². The van der Waals surface area contributed by atoms with Crippen LogP contribution in [0.2, 0.25) is 0 Å². The van der Waals surface area contributed by atoms with E-state index in [1.165, 1.54) is 0 Å². The molecule has 1 aromatic rings. The Morgan fingerprint density at radius 3 is 2.94 bits per heavy atom. The summed E-state index contributed by atoms with van der Waals surface area (Å²) in [6.07, 6.45) is 5.86. The number of carbonyl (C=O) groups excluding carboxylic acids is 1. The van der Waals surface area contributed by atoms with Gasteiger partial charge in [0.25, 0.3) is 0 Å². The monoisotopic (exact) mass is 221 g/mol. The third-order valence-electron chi connectivity index (χ3n) is 2.41. The molecule has 0 saturated heterocycles. The molecule has 0 unspecified atom stereocenters. The van der Waals surface area contributed by atoms with Crippen LogP contribution >= 0.6 is 0 Å². The first-order chi connectivity index (χ1) is 7.74. The zero-order chi connectivity index (χ0) is 11.8. The van der Waals surface area contributed by atoms with Crippen LogP contribution in [0.1, 0.15) is 24.8 Å². The van der Waals surface area contributed by atoms with Crippen molar-refractivity contribution in [3.8, 4) is 0 Å². The number of unbranched alkanes of at least 4 members (excludes halogenated alkanes) is 1. The minimum Gasteiger partial charge on any atom is -0.341 e. The Morgan fingerprint density at radius 1 is 1.50 bits per heavy atom. The molecule has 1 aromatic heterocycles. The fraction of sp³-hybridized carbons (Fsp3) is 0.500. The van der Waals surface area contributed by atoms with Gasteiger partial charge in [0.05, 0.1) is 0 Å². The lowest BCUT2D eigenvalue weighted by Crippen LogP contribution is -2.26. The van der Waals surface area contributed by atoms with Crippen molar-refractivity contribution in [2.24, 2.45) is 5.73 Å². The van der Waals surface area contributed by atoms with Crippen molar-refractivity contribution in [2.75, 3.05) is 13.6 Å². The van der Waals surface area contributed by atoms with E-state index < -0.39 is 0 Å². The highest BCUT2D eigenvalue weighted by atomic mass is 16.2. The van der Waals surface area contributed by atoms with Crippen molar-refractivity contribution in [1.82, 2.24) is 9.88 Å². The fourth-order valence-electron chi connectivity index (χ4n) is 1.47. The Labute approximate surface area is 96.5 Å². The predicted octanol–water partition coefficient (Wildman–Crippen LogP) is 1.17. The number of pyridine rings is 1. The van der Waals surface area contributed by atoms with E-state index in [0.717, 1.165) is 18.4 Å². The Balaban J connectivity index is 2.34. The largest absolute Gasteiger partial charge is 0.341 e. The summed E-state index contributed by atoms with van der Waals surface area (Å²) < 4.78 is 0. The molecule has 16 heavy (non-hydrogen) atoms. The minimum atomic E-state index is 0.164. The predicted molar refractivity (Wildman–Crippen MR) is 63.6 cm³/mol. The molecule has 0 aliphatic carbocycles. The second-order valence-corrected chi connectivity index (χ2v) is 3.86. The lowest BCUT2D eigenvalue weighted by Gasteiger charge is -2.16. The summed E-state index contributed by atoms with van der Waals surface area (Å²) in [6, 6.07) is 3.85. The van der Waals surface area contributed by atoms with Crippen LogP contribution in [0.5, 0.6) is 0 Å². The number of rotatable bonds is 6. The van der Waals surface area contributed by atoms with Crippen LogP contribution in [0.15, 0.2) is 24.5 Å². The minimum absolute atomic E-state index is 0.164. The second kappa shape index (κ2) is 6.95. The average molecular weight is 221 g/mol. The van der Waals surface area contributed by atoms with E-state index in [4.69, 9.17) is 5.73 Å². The van der Waals surface area contributed by atoms with E-state index in [1.54, 1.807) is 17.3 Å². The van der Waals surface area contributed by atoms with Crippen LogP contribution in [0, 0.1) is 0 Å². The van der Waals surface area contributed by atoms with E-state index in [2.05, 4.69) is 4.98 Å². The number of aromatic nitrogens is 1. The van der Waals surface area contributed by atoms with E-state index in [1.807, 2.05) is 19.2 Å².